The zero-order valence-electron chi connectivity index (χ0n) is 65.3. The number of nitrogens with one attached hydrogen (secondary N) is 9. The van der Waals surface area contributed by atoms with Gasteiger partial charge in [-0.05, 0) is 159 Å². The standard InChI is InChI=1S/C35H35N5O2.C30H33N5O2.C29H31N5O2/c41-35(42-22-23-7-2-1-3-8-23)32-31(39-34(40-32)29-11-6-20-36-29)27-18-14-25(15-19-27)24-12-16-26(17-13-24)30-21-37-33(38-30)28-9-4-5-10-28;1-2-37-30(36)27-26(34-29(35-27)24-8-5-17-31-24)22-15-11-20(12-16-22)19-9-13-21(14-10-19)25-18-32-28(33-25)23-6-3-4-7-23;1-36-29(35)26-25(33-28(34-26)23-7-4-16-30-23)21-14-10-19(11-15-21)18-8-12-20(13-9-18)24-17-31-27(32-24)22-5-2-3-6-22/h1-3,7-8,12-19,21,28-29,36H,4-6,9-11,20,22H2,(H,37,38)(H,39,40);9-16,18,23-24,31H,2-8,17H2,1H3,(H,32,33)(H,34,35);8-15,17,22-23,30H,2-7,16H2,1H3,(H,31,32)(H,33,34)/t29-;24-;23-/m000/s1. The van der Waals surface area contributed by atoms with Crippen LogP contribution in [0.2, 0.25) is 0 Å². The molecule has 0 bridgehead atoms. The molecule has 0 radical (unpaired) electrons. The van der Waals surface area contributed by atoms with Crippen LogP contribution in [0.15, 0.2) is 195 Å². The second-order valence-electron chi connectivity index (χ2n) is 31.2. The first-order chi connectivity index (χ1) is 56.6. The van der Waals surface area contributed by atoms with E-state index in [1.54, 1.807) is 0 Å². The number of aromatic nitrogens is 12. The third kappa shape index (κ3) is 17.3. The van der Waals surface area contributed by atoms with Crippen LogP contribution in [0.1, 0.15) is 230 Å². The van der Waals surface area contributed by atoms with Crippen LogP contribution >= 0.6 is 0 Å². The molecule has 21 nitrogen and oxygen atoms in total. The number of hydrogen-bond acceptors (Lipinski definition) is 15. The number of ether oxygens (including phenoxy) is 3. The van der Waals surface area contributed by atoms with Gasteiger partial charge in [-0.3, -0.25) is 0 Å². The Labute approximate surface area is 670 Å². The number of hydrogen-bond donors (Lipinski definition) is 9. The summed E-state index contributed by atoms with van der Waals surface area (Å²) in [5.41, 5.74) is 20.0. The molecule has 0 spiro atoms. The van der Waals surface area contributed by atoms with Gasteiger partial charge in [-0.2, -0.15) is 0 Å². The Hall–Kier alpha value is -11.9. The zero-order chi connectivity index (χ0) is 78.0. The van der Waals surface area contributed by atoms with Gasteiger partial charge >= 0.3 is 17.9 Å². The van der Waals surface area contributed by atoms with Gasteiger partial charge in [0.15, 0.2) is 17.1 Å². The van der Waals surface area contributed by atoms with Crippen molar-refractivity contribution in [1.82, 2.24) is 75.8 Å². The maximum atomic E-state index is 13.2. The second-order valence-corrected chi connectivity index (χ2v) is 31.2. The quantitative estimate of drug-likeness (QED) is 0.0239. The Bertz CT molecular complexity index is 5410. The molecule has 586 valence electrons. The summed E-state index contributed by atoms with van der Waals surface area (Å²) in [6, 6.07) is 60.4. The maximum Gasteiger partial charge on any atom is 0.357 e. The van der Waals surface area contributed by atoms with E-state index in [0.717, 1.165) is 183 Å². The van der Waals surface area contributed by atoms with Crippen molar-refractivity contribution in [3.8, 4) is 101 Å². The van der Waals surface area contributed by atoms with Crippen LogP contribution in [0.4, 0.5) is 0 Å². The van der Waals surface area contributed by atoms with Crippen molar-refractivity contribution < 1.29 is 28.6 Å². The van der Waals surface area contributed by atoms with Gasteiger partial charge in [0.25, 0.3) is 0 Å². The molecule has 21 heteroatoms. The first-order valence-corrected chi connectivity index (χ1v) is 41.3. The van der Waals surface area contributed by atoms with Crippen molar-refractivity contribution >= 4 is 17.9 Å². The van der Waals surface area contributed by atoms with Gasteiger partial charge in [0.05, 0.1) is 67.5 Å². The number of methoxy groups -OCH3 is 1. The molecule has 115 heavy (non-hydrogen) atoms. The van der Waals surface area contributed by atoms with E-state index < -0.39 is 11.9 Å². The molecule has 0 unspecified atom stereocenters. The number of rotatable bonds is 21. The van der Waals surface area contributed by atoms with Crippen LogP contribution in [0, 0.1) is 0 Å². The van der Waals surface area contributed by atoms with Crippen LogP contribution in [0.3, 0.4) is 0 Å². The monoisotopic (exact) mass is 1530 g/mol. The molecule has 6 aromatic heterocycles. The van der Waals surface area contributed by atoms with E-state index in [9.17, 15) is 14.4 Å². The Balaban J connectivity index is 0.000000125. The van der Waals surface area contributed by atoms with E-state index in [1.807, 2.05) is 92.2 Å². The average molecular weight is 1530 g/mol. The summed E-state index contributed by atoms with van der Waals surface area (Å²) in [6.45, 7) is 5.22. The fourth-order valence-corrected chi connectivity index (χ4v) is 17.3. The van der Waals surface area contributed by atoms with Gasteiger partial charge in [0.1, 0.15) is 58.6 Å². The summed E-state index contributed by atoms with van der Waals surface area (Å²) in [4.78, 5) is 87.1. The highest BCUT2D eigenvalue weighted by Crippen LogP contribution is 2.40. The van der Waals surface area contributed by atoms with E-state index in [4.69, 9.17) is 29.2 Å². The summed E-state index contributed by atoms with van der Waals surface area (Å²) >= 11 is 0. The fourth-order valence-electron chi connectivity index (χ4n) is 17.3. The third-order valence-corrected chi connectivity index (χ3v) is 23.7. The van der Waals surface area contributed by atoms with E-state index in [1.165, 1.54) is 84.2 Å². The first-order valence-electron chi connectivity index (χ1n) is 41.3. The molecule has 19 rings (SSSR count). The number of imidazole rings is 6. The Morgan fingerprint density at radius 3 is 0.896 bits per heavy atom. The third-order valence-electron chi connectivity index (χ3n) is 23.7. The molecule has 3 aliphatic carbocycles. The normalized spacial score (nSPS) is 17.7. The largest absolute Gasteiger partial charge is 0.464 e. The van der Waals surface area contributed by atoms with E-state index in [0.29, 0.717) is 58.5 Å². The minimum atomic E-state index is -0.406. The molecule has 9 N–H and O–H groups in total. The van der Waals surface area contributed by atoms with Crippen LogP contribution in [0.25, 0.3) is 101 Å². The highest BCUT2D eigenvalue weighted by Gasteiger charge is 2.31. The molecular weight excluding hydrogens is 1440 g/mol. The SMILES string of the molecule is CCOC(=O)c1[nH]c([C@@H]2CCCN2)nc1-c1ccc(-c2ccc(-c3cnc(C4CCCC4)[nH]3)cc2)cc1.COC(=O)c1[nH]c([C@@H]2CCCN2)nc1-c1ccc(-c2ccc(-c3cnc(C4CCCC4)[nH]3)cc2)cc1.O=C(OCc1ccccc1)c1[nH]c([C@@H]2CCCN2)nc1-c1ccc(-c2ccc(-c3cnc(C4CCCC4)[nH]3)cc2)cc1. The van der Waals surface area contributed by atoms with Gasteiger partial charge in [-0.1, -0.05) is 214 Å². The van der Waals surface area contributed by atoms with Gasteiger partial charge in [0, 0.05) is 34.4 Å². The maximum absolute atomic E-state index is 13.2. The predicted molar refractivity (Wildman–Crippen MR) is 448 cm³/mol. The average Bonchev–Trinajstić information content (AvgIpc) is 1.69. The van der Waals surface area contributed by atoms with Gasteiger partial charge < -0.3 is 60.1 Å². The minimum Gasteiger partial charge on any atom is -0.464 e. The molecule has 6 fully saturated rings. The molecular formula is C94H99N15O6. The lowest BCUT2D eigenvalue weighted by Crippen LogP contribution is -2.14. The lowest BCUT2D eigenvalue weighted by molar-refractivity contribution is 0.0465. The topological polar surface area (TPSA) is 287 Å². The molecule has 6 aliphatic rings. The van der Waals surface area contributed by atoms with Crippen molar-refractivity contribution in [1.29, 1.82) is 0 Å². The van der Waals surface area contributed by atoms with E-state index in [-0.39, 0.29) is 30.7 Å². The molecule has 0 amide bonds. The summed E-state index contributed by atoms with van der Waals surface area (Å²) < 4.78 is 16.0. The van der Waals surface area contributed by atoms with Crippen molar-refractivity contribution in [2.24, 2.45) is 0 Å². The number of aromatic amines is 6. The number of esters is 3. The van der Waals surface area contributed by atoms with Crippen LogP contribution in [-0.4, -0.2) is 111 Å². The predicted octanol–water partition coefficient (Wildman–Crippen LogP) is 20.0. The van der Waals surface area contributed by atoms with Crippen molar-refractivity contribution in [3.05, 3.63) is 252 Å². The molecule has 3 saturated heterocycles. The summed E-state index contributed by atoms with van der Waals surface area (Å²) in [6.07, 6.45) is 27.4. The molecule has 13 aromatic rings. The summed E-state index contributed by atoms with van der Waals surface area (Å²) in [7, 11) is 1.39. The lowest BCUT2D eigenvalue weighted by atomic mass is 10.0. The number of carbonyl (C=O) groups is 3. The van der Waals surface area contributed by atoms with Crippen LogP contribution in [0.5, 0.6) is 0 Å². The van der Waals surface area contributed by atoms with E-state index >= 15 is 0 Å². The Kier molecular flexibility index (Phi) is 23.2. The fraction of sp³-hybridized carbons (Fsp3) is 0.330. The Morgan fingerprint density at radius 1 is 0.322 bits per heavy atom. The van der Waals surface area contributed by atoms with Crippen LogP contribution in [-0.2, 0) is 20.8 Å². The molecule has 7 aromatic carbocycles. The van der Waals surface area contributed by atoms with Gasteiger partial charge in [0.2, 0.25) is 0 Å². The van der Waals surface area contributed by atoms with E-state index in [2.05, 4.69) is 170 Å². The highest BCUT2D eigenvalue weighted by molar-refractivity contribution is 5.96. The Morgan fingerprint density at radius 2 is 0.609 bits per heavy atom. The van der Waals surface area contributed by atoms with Crippen molar-refractivity contribution in [3.63, 3.8) is 0 Å². The number of nitrogens with zero attached hydrogens (tertiary/aromatic N) is 6. The molecule has 3 aliphatic heterocycles. The van der Waals surface area contributed by atoms with Crippen molar-refractivity contribution in [2.75, 3.05) is 33.4 Å². The van der Waals surface area contributed by atoms with Crippen LogP contribution < -0.4 is 16.0 Å². The number of carbonyl (C=O) groups excluding carboxylic acids is 3. The second kappa shape index (κ2) is 35.2. The smallest absolute Gasteiger partial charge is 0.357 e. The van der Waals surface area contributed by atoms with Gasteiger partial charge in [-0.25, -0.2) is 44.3 Å². The number of benzene rings is 7. The summed E-state index contributed by atoms with van der Waals surface area (Å²) in [5.74, 6) is 6.29. The molecule has 3 saturated carbocycles. The highest BCUT2D eigenvalue weighted by atomic mass is 16.5. The molecule has 9 heterocycles. The van der Waals surface area contributed by atoms with Crippen molar-refractivity contribution in [2.45, 2.75) is 165 Å². The zero-order valence-corrected chi connectivity index (χ0v) is 65.3. The minimum absolute atomic E-state index is 0.112. The first kappa shape index (κ1) is 75.8. The van der Waals surface area contributed by atoms with Gasteiger partial charge in [-0.15, -0.1) is 0 Å². The molecule has 3 atom stereocenters. The summed E-state index contributed by atoms with van der Waals surface area (Å²) in [5, 5.41) is 10.4. The lowest BCUT2D eigenvalue weighted by Gasteiger charge is -2.07. The number of H-pyrrole nitrogens is 6.